The lowest BCUT2D eigenvalue weighted by molar-refractivity contribution is 0.308. The van der Waals surface area contributed by atoms with Gasteiger partial charge in [0.15, 0.2) is 0 Å². The van der Waals surface area contributed by atoms with Gasteiger partial charge in [-0.1, -0.05) is 146 Å². The molecular weight excluding hydrogens is 633 g/mol. The quantitative estimate of drug-likeness (QED) is 0.164. The van der Waals surface area contributed by atoms with Crippen LogP contribution in [0.3, 0.4) is 0 Å². The molecule has 1 heterocycles. The lowest BCUT2D eigenvalue weighted by Crippen LogP contribution is -2.01. The Hall–Kier alpha value is -6.84. The maximum absolute atomic E-state index is 7.07. The fourth-order valence-corrected chi connectivity index (χ4v) is 7.24. The second-order valence-corrected chi connectivity index (χ2v) is 13.2. The Kier molecular flexibility index (Phi) is 8.07. The van der Waals surface area contributed by atoms with E-state index in [0.717, 1.165) is 44.6 Å². The number of benzene rings is 8. The van der Waals surface area contributed by atoms with Gasteiger partial charge in [0.25, 0.3) is 0 Å². The third-order valence-corrected chi connectivity index (χ3v) is 9.90. The predicted octanol–water partition coefficient (Wildman–Crippen LogP) is 12.6. The number of aromatic nitrogens is 1. The largest absolute Gasteiger partial charge is 0.487 e. The highest BCUT2D eigenvalue weighted by Crippen LogP contribution is 2.42. The Morgan fingerprint density at radius 2 is 0.962 bits per heavy atom. The molecule has 0 unspecified atom stereocenters. The van der Waals surface area contributed by atoms with Crippen molar-refractivity contribution in [2.24, 2.45) is 0 Å². The maximum Gasteiger partial charge on any atom is 0.143 e. The molecule has 8 aromatic carbocycles. The monoisotopic (exact) mass is 668 g/mol. The van der Waals surface area contributed by atoms with Gasteiger partial charge in [-0.2, -0.15) is 0 Å². The van der Waals surface area contributed by atoms with Crippen LogP contribution >= 0.6 is 0 Å². The first-order valence-corrected chi connectivity index (χ1v) is 17.7. The van der Waals surface area contributed by atoms with E-state index < -0.39 is 0 Å². The summed E-state index contributed by atoms with van der Waals surface area (Å²) in [5.41, 5.74) is 21.0. The summed E-state index contributed by atoms with van der Waals surface area (Å²) in [6.45, 7) is 0.399. The number of nitrogens with two attached hydrogens (primary N) is 1. The Morgan fingerprint density at radius 3 is 1.69 bits per heavy atom. The minimum absolute atomic E-state index is 0.399. The zero-order valence-corrected chi connectivity index (χ0v) is 28.6. The molecule has 0 aliphatic heterocycles. The van der Waals surface area contributed by atoms with Crippen molar-refractivity contribution >= 4 is 27.5 Å². The minimum atomic E-state index is 0.399. The summed E-state index contributed by atoms with van der Waals surface area (Å²) >= 11 is 0. The summed E-state index contributed by atoms with van der Waals surface area (Å²) in [5.74, 6) is 0.663. The van der Waals surface area contributed by atoms with Gasteiger partial charge in [-0.15, -0.1) is 0 Å². The van der Waals surface area contributed by atoms with E-state index in [4.69, 9.17) is 10.5 Å². The van der Waals surface area contributed by atoms with E-state index in [1.54, 1.807) is 0 Å². The number of rotatable bonds is 8. The van der Waals surface area contributed by atoms with Crippen LogP contribution in [-0.4, -0.2) is 4.57 Å². The van der Waals surface area contributed by atoms with Crippen molar-refractivity contribution in [2.45, 2.75) is 6.61 Å². The van der Waals surface area contributed by atoms with Crippen LogP contribution in [-0.2, 0) is 6.61 Å². The van der Waals surface area contributed by atoms with E-state index in [0.29, 0.717) is 18.0 Å². The van der Waals surface area contributed by atoms with Crippen LogP contribution in [0.1, 0.15) is 5.56 Å². The number of hydrogen-bond acceptors (Lipinski definition) is 2. The first-order chi connectivity index (χ1) is 25.7. The van der Waals surface area contributed by atoms with Crippen LogP contribution in [0.25, 0.3) is 72.0 Å². The molecule has 52 heavy (non-hydrogen) atoms. The van der Waals surface area contributed by atoms with Gasteiger partial charge >= 0.3 is 0 Å². The molecule has 9 aromatic rings. The molecule has 9 rings (SSSR count). The molecule has 0 radical (unpaired) electrons. The predicted molar refractivity (Wildman–Crippen MR) is 218 cm³/mol. The van der Waals surface area contributed by atoms with Crippen molar-refractivity contribution in [3.05, 3.63) is 200 Å². The zero-order valence-electron chi connectivity index (χ0n) is 28.6. The van der Waals surface area contributed by atoms with Crippen molar-refractivity contribution in [3.8, 4) is 55.9 Å². The molecule has 3 heteroatoms. The van der Waals surface area contributed by atoms with E-state index in [-0.39, 0.29) is 0 Å². The average molecular weight is 669 g/mol. The van der Waals surface area contributed by atoms with Gasteiger partial charge in [0.1, 0.15) is 12.4 Å². The van der Waals surface area contributed by atoms with E-state index >= 15 is 0 Å². The number of anilines is 1. The van der Waals surface area contributed by atoms with Crippen molar-refractivity contribution in [1.29, 1.82) is 0 Å². The minimum Gasteiger partial charge on any atom is -0.487 e. The molecule has 248 valence electrons. The third-order valence-electron chi connectivity index (χ3n) is 9.90. The van der Waals surface area contributed by atoms with Crippen molar-refractivity contribution < 1.29 is 4.74 Å². The number of para-hydroxylation sites is 2. The van der Waals surface area contributed by atoms with Crippen molar-refractivity contribution in [3.63, 3.8) is 0 Å². The van der Waals surface area contributed by atoms with Crippen molar-refractivity contribution in [2.75, 3.05) is 5.73 Å². The number of nitrogens with zero attached hydrogens (tertiary/aromatic N) is 1. The third kappa shape index (κ3) is 5.89. The molecule has 3 nitrogen and oxygen atoms in total. The Morgan fingerprint density at radius 1 is 0.404 bits per heavy atom. The number of hydrogen-bond donors (Lipinski definition) is 1. The van der Waals surface area contributed by atoms with E-state index in [9.17, 15) is 0 Å². The van der Waals surface area contributed by atoms with Crippen LogP contribution in [0, 0.1) is 0 Å². The molecule has 2 N–H and O–H groups in total. The first kappa shape index (κ1) is 31.2. The Labute approximate surface area is 303 Å². The molecular formula is C49H36N2O. The standard InChI is InChI=1S/C49H36N2O/c50-49-44(40-27-28-47-45(30-40)43-21-10-11-22-46(43)51(47)42-19-8-3-9-20-42)31-41(39-18-12-17-38(29-39)36-15-6-2-7-16-36)32-48(49)52-33-34-23-25-37(26-24-34)35-13-4-1-5-14-35/h1-32H,33,50H2. The Balaban J connectivity index is 1.15. The molecule has 0 fully saturated rings. The number of nitrogen functional groups attached to an aromatic ring is 1. The average Bonchev–Trinajstić information content (AvgIpc) is 3.55. The highest BCUT2D eigenvalue weighted by Gasteiger charge is 2.17. The normalized spacial score (nSPS) is 11.2. The topological polar surface area (TPSA) is 40.2 Å². The van der Waals surface area contributed by atoms with Crippen LogP contribution < -0.4 is 10.5 Å². The SMILES string of the molecule is Nc1c(OCc2ccc(-c3ccccc3)cc2)cc(-c2cccc(-c3ccccc3)c2)cc1-c1ccc2c(c1)c1ccccc1n2-c1ccccc1. The lowest BCUT2D eigenvalue weighted by atomic mass is 9.94. The number of fused-ring (bicyclic) bond motifs is 3. The Bertz CT molecular complexity index is 2660. The van der Waals surface area contributed by atoms with Crippen LogP contribution in [0.5, 0.6) is 5.75 Å². The summed E-state index contributed by atoms with van der Waals surface area (Å²) in [6, 6.07) is 68.3. The van der Waals surface area contributed by atoms with Gasteiger partial charge in [0.05, 0.1) is 16.7 Å². The summed E-state index contributed by atoms with van der Waals surface area (Å²) in [4.78, 5) is 0. The molecule has 0 bridgehead atoms. The summed E-state index contributed by atoms with van der Waals surface area (Å²) in [6.07, 6.45) is 0. The molecule has 0 aliphatic carbocycles. The summed E-state index contributed by atoms with van der Waals surface area (Å²) in [5, 5.41) is 2.37. The van der Waals surface area contributed by atoms with Crippen molar-refractivity contribution in [1.82, 2.24) is 4.57 Å². The molecule has 0 saturated carbocycles. The highest BCUT2D eigenvalue weighted by atomic mass is 16.5. The summed E-state index contributed by atoms with van der Waals surface area (Å²) in [7, 11) is 0. The van der Waals surface area contributed by atoms with Crippen LogP contribution in [0.15, 0.2) is 194 Å². The van der Waals surface area contributed by atoms with E-state index in [1.165, 1.54) is 33.0 Å². The van der Waals surface area contributed by atoms with Crippen LogP contribution in [0.2, 0.25) is 0 Å². The smallest absolute Gasteiger partial charge is 0.143 e. The number of ether oxygens (including phenoxy) is 1. The second-order valence-electron chi connectivity index (χ2n) is 13.2. The molecule has 0 saturated heterocycles. The molecule has 0 aliphatic rings. The molecule has 0 atom stereocenters. The van der Waals surface area contributed by atoms with Gasteiger partial charge in [-0.25, -0.2) is 0 Å². The molecule has 0 spiro atoms. The second kappa shape index (κ2) is 13.5. The molecule has 1 aromatic heterocycles. The molecule has 0 amide bonds. The fraction of sp³-hybridized carbons (Fsp3) is 0.0204. The maximum atomic E-state index is 7.07. The van der Waals surface area contributed by atoms with Gasteiger partial charge in [-0.3, -0.25) is 0 Å². The first-order valence-electron chi connectivity index (χ1n) is 17.7. The fourth-order valence-electron chi connectivity index (χ4n) is 7.24. The highest BCUT2D eigenvalue weighted by molar-refractivity contribution is 6.11. The summed E-state index contributed by atoms with van der Waals surface area (Å²) < 4.78 is 8.93. The van der Waals surface area contributed by atoms with E-state index in [2.05, 4.69) is 187 Å². The van der Waals surface area contributed by atoms with Gasteiger partial charge in [0.2, 0.25) is 0 Å². The van der Waals surface area contributed by atoms with E-state index in [1.807, 2.05) is 12.1 Å². The van der Waals surface area contributed by atoms with Gasteiger partial charge in [-0.05, 0) is 93.0 Å². The van der Waals surface area contributed by atoms with Crippen LogP contribution in [0.4, 0.5) is 5.69 Å². The zero-order chi connectivity index (χ0) is 34.9. The van der Waals surface area contributed by atoms with Gasteiger partial charge < -0.3 is 15.0 Å². The van der Waals surface area contributed by atoms with Gasteiger partial charge in [0, 0.05) is 22.0 Å². The lowest BCUT2D eigenvalue weighted by Gasteiger charge is -2.17.